The molecule has 0 atom stereocenters. The van der Waals surface area contributed by atoms with Crippen molar-refractivity contribution in [2.75, 3.05) is 24.5 Å². The van der Waals surface area contributed by atoms with Crippen molar-refractivity contribution < 1.29 is 0 Å². The molecule has 0 saturated heterocycles. The second-order valence-corrected chi connectivity index (χ2v) is 5.27. The van der Waals surface area contributed by atoms with Crippen LogP contribution in [0.2, 0.25) is 0 Å². The van der Waals surface area contributed by atoms with E-state index in [1.165, 1.54) is 23.4 Å². The maximum absolute atomic E-state index is 4.79. The Labute approximate surface area is 116 Å². The third-order valence-electron chi connectivity index (χ3n) is 3.54. The van der Waals surface area contributed by atoms with Crippen LogP contribution in [0.3, 0.4) is 0 Å². The fourth-order valence-electron chi connectivity index (χ4n) is 2.55. The van der Waals surface area contributed by atoms with Crippen LogP contribution in [0.15, 0.2) is 18.2 Å². The van der Waals surface area contributed by atoms with Crippen molar-refractivity contribution >= 4 is 5.82 Å². The van der Waals surface area contributed by atoms with E-state index in [1.54, 1.807) is 0 Å². The molecule has 0 radical (unpaired) electrons. The van der Waals surface area contributed by atoms with Crippen molar-refractivity contribution in [2.45, 2.75) is 40.2 Å². The first-order chi connectivity index (χ1) is 9.22. The Balaban J connectivity index is 2.25. The van der Waals surface area contributed by atoms with E-state index in [9.17, 15) is 0 Å². The molecule has 0 amide bonds. The first-order valence-corrected chi connectivity index (χ1v) is 7.30. The zero-order valence-corrected chi connectivity index (χ0v) is 12.4. The summed E-state index contributed by atoms with van der Waals surface area (Å²) in [5.41, 5.74) is 3.82. The van der Waals surface area contributed by atoms with E-state index in [2.05, 4.69) is 49.2 Å². The Morgan fingerprint density at radius 3 is 2.84 bits per heavy atom. The van der Waals surface area contributed by atoms with Crippen molar-refractivity contribution in [1.82, 2.24) is 10.3 Å². The van der Waals surface area contributed by atoms with E-state index < -0.39 is 0 Å². The second-order valence-electron chi connectivity index (χ2n) is 5.27. The topological polar surface area (TPSA) is 28.2 Å². The van der Waals surface area contributed by atoms with Crippen LogP contribution >= 0.6 is 0 Å². The molecule has 1 N–H and O–H groups in total. The first-order valence-electron chi connectivity index (χ1n) is 7.30. The third-order valence-corrected chi connectivity index (χ3v) is 3.54. The number of hydrogen-bond donors (Lipinski definition) is 1. The normalized spacial score (nSPS) is 15.0. The average molecular weight is 259 g/mol. The van der Waals surface area contributed by atoms with Crippen molar-refractivity contribution in [3.05, 3.63) is 35.0 Å². The van der Waals surface area contributed by atoms with Gasteiger partial charge in [-0.25, -0.2) is 4.98 Å². The lowest BCUT2D eigenvalue weighted by atomic mass is 10.1. The van der Waals surface area contributed by atoms with Gasteiger partial charge in [0.05, 0.1) is 0 Å². The van der Waals surface area contributed by atoms with Crippen LogP contribution in [0.25, 0.3) is 0 Å². The molecule has 2 rings (SSSR count). The van der Waals surface area contributed by atoms with Gasteiger partial charge in [-0.05, 0) is 44.9 Å². The lowest BCUT2D eigenvalue weighted by Gasteiger charge is -2.28. The molecule has 0 aliphatic carbocycles. The van der Waals surface area contributed by atoms with Crippen LogP contribution in [-0.2, 0) is 6.54 Å². The minimum absolute atomic E-state index is 0.919. The number of aromatic nitrogens is 1. The molecule has 3 nitrogen and oxygen atoms in total. The molecule has 0 unspecified atom stereocenters. The fraction of sp³-hybridized carbons (Fsp3) is 0.562. The van der Waals surface area contributed by atoms with Gasteiger partial charge >= 0.3 is 0 Å². The maximum Gasteiger partial charge on any atom is 0.133 e. The first kappa shape index (κ1) is 14.1. The van der Waals surface area contributed by atoms with Crippen LogP contribution in [0.1, 0.15) is 36.6 Å². The Hall–Kier alpha value is -1.35. The molecule has 2 heterocycles. The standard InChI is InChI=1S/C16H25N3/c1-4-8-17-12-15-13(2)11-14(3)18-16(15)19-9-6-5-7-10-19/h5-6,11,17H,4,7-10,12H2,1-3H3. The summed E-state index contributed by atoms with van der Waals surface area (Å²) in [7, 11) is 0. The Bertz CT molecular complexity index is 452. The Kier molecular flexibility index (Phi) is 4.97. The van der Waals surface area contributed by atoms with Crippen molar-refractivity contribution in [3.8, 4) is 0 Å². The monoisotopic (exact) mass is 259 g/mol. The Morgan fingerprint density at radius 1 is 1.32 bits per heavy atom. The number of pyridine rings is 1. The fourth-order valence-corrected chi connectivity index (χ4v) is 2.55. The molecule has 1 aromatic rings. The number of nitrogens with zero attached hydrogens (tertiary/aromatic N) is 2. The summed E-state index contributed by atoms with van der Waals surface area (Å²) >= 11 is 0. The quantitative estimate of drug-likeness (QED) is 0.651. The molecule has 0 bridgehead atoms. The van der Waals surface area contributed by atoms with Gasteiger partial charge in [-0.2, -0.15) is 0 Å². The zero-order chi connectivity index (χ0) is 13.7. The molecular formula is C16H25N3. The number of anilines is 1. The Morgan fingerprint density at radius 2 is 2.16 bits per heavy atom. The highest BCUT2D eigenvalue weighted by Crippen LogP contribution is 2.24. The molecule has 19 heavy (non-hydrogen) atoms. The van der Waals surface area contributed by atoms with Crippen molar-refractivity contribution in [2.24, 2.45) is 0 Å². The molecule has 0 spiro atoms. The largest absolute Gasteiger partial charge is 0.352 e. The van der Waals surface area contributed by atoms with Crippen LogP contribution in [0, 0.1) is 13.8 Å². The van der Waals surface area contributed by atoms with Crippen molar-refractivity contribution in [3.63, 3.8) is 0 Å². The SMILES string of the molecule is CCCNCc1c(C)cc(C)nc1N1CC=CCC1. The van der Waals surface area contributed by atoms with E-state index in [-0.39, 0.29) is 0 Å². The summed E-state index contributed by atoms with van der Waals surface area (Å²) in [6.07, 6.45) is 6.79. The van der Waals surface area contributed by atoms with Gasteiger partial charge in [0.15, 0.2) is 0 Å². The van der Waals surface area contributed by atoms with E-state index in [1.807, 2.05) is 0 Å². The highest BCUT2D eigenvalue weighted by Gasteiger charge is 2.15. The van der Waals surface area contributed by atoms with E-state index in [4.69, 9.17) is 4.98 Å². The van der Waals surface area contributed by atoms with Gasteiger partial charge < -0.3 is 10.2 Å². The highest BCUT2D eigenvalue weighted by molar-refractivity contribution is 5.52. The summed E-state index contributed by atoms with van der Waals surface area (Å²) in [5, 5.41) is 3.51. The average Bonchev–Trinajstić information content (AvgIpc) is 2.42. The van der Waals surface area contributed by atoms with Gasteiger partial charge in [0.1, 0.15) is 5.82 Å². The summed E-state index contributed by atoms with van der Waals surface area (Å²) in [4.78, 5) is 7.18. The van der Waals surface area contributed by atoms with E-state index >= 15 is 0 Å². The smallest absolute Gasteiger partial charge is 0.133 e. The number of hydrogen-bond acceptors (Lipinski definition) is 3. The lowest BCUT2D eigenvalue weighted by molar-refractivity contribution is 0.666. The molecule has 1 aliphatic heterocycles. The number of rotatable bonds is 5. The predicted octanol–water partition coefficient (Wildman–Crippen LogP) is 2.96. The molecule has 3 heteroatoms. The molecule has 1 aromatic heterocycles. The number of aryl methyl sites for hydroxylation is 2. The molecule has 104 valence electrons. The summed E-state index contributed by atoms with van der Waals surface area (Å²) in [6, 6.07) is 2.19. The molecular weight excluding hydrogens is 234 g/mol. The summed E-state index contributed by atoms with van der Waals surface area (Å²) < 4.78 is 0. The van der Waals surface area contributed by atoms with Crippen LogP contribution in [-0.4, -0.2) is 24.6 Å². The van der Waals surface area contributed by atoms with Gasteiger partial charge in [-0.15, -0.1) is 0 Å². The molecule has 0 saturated carbocycles. The molecule has 0 aromatic carbocycles. The van der Waals surface area contributed by atoms with Crippen LogP contribution in [0.4, 0.5) is 5.82 Å². The number of nitrogens with one attached hydrogen (secondary N) is 1. The van der Waals surface area contributed by atoms with E-state index in [0.717, 1.165) is 38.3 Å². The van der Waals surface area contributed by atoms with Crippen molar-refractivity contribution in [1.29, 1.82) is 0 Å². The van der Waals surface area contributed by atoms with Gasteiger partial charge in [-0.3, -0.25) is 0 Å². The van der Waals surface area contributed by atoms with Crippen LogP contribution in [0.5, 0.6) is 0 Å². The van der Waals surface area contributed by atoms with Gasteiger partial charge in [0.2, 0.25) is 0 Å². The highest BCUT2D eigenvalue weighted by atomic mass is 15.2. The lowest BCUT2D eigenvalue weighted by Crippen LogP contribution is -2.30. The van der Waals surface area contributed by atoms with Gasteiger partial charge in [0, 0.05) is 30.9 Å². The van der Waals surface area contributed by atoms with Crippen LogP contribution < -0.4 is 10.2 Å². The summed E-state index contributed by atoms with van der Waals surface area (Å²) in [5.74, 6) is 1.17. The summed E-state index contributed by atoms with van der Waals surface area (Å²) in [6.45, 7) is 10.5. The minimum Gasteiger partial charge on any atom is -0.352 e. The minimum atomic E-state index is 0.919. The molecule has 1 aliphatic rings. The molecule has 0 fully saturated rings. The third kappa shape index (κ3) is 3.57. The predicted molar refractivity (Wildman–Crippen MR) is 81.7 cm³/mol. The van der Waals surface area contributed by atoms with E-state index in [0.29, 0.717) is 0 Å². The zero-order valence-electron chi connectivity index (χ0n) is 12.4. The second kappa shape index (κ2) is 6.71. The van der Waals surface area contributed by atoms with Gasteiger partial charge in [-0.1, -0.05) is 19.1 Å². The maximum atomic E-state index is 4.79. The van der Waals surface area contributed by atoms with Gasteiger partial charge in [0.25, 0.3) is 0 Å².